The van der Waals surface area contributed by atoms with Gasteiger partial charge in [0.1, 0.15) is 0 Å². The fourth-order valence-electron chi connectivity index (χ4n) is 2.79. The van der Waals surface area contributed by atoms with Gasteiger partial charge in [-0.15, -0.1) is 0 Å². The van der Waals surface area contributed by atoms with E-state index in [-0.39, 0.29) is 18.1 Å². The summed E-state index contributed by atoms with van der Waals surface area (Å²) >= 11 is 0. The van der Waals surface area contributed by atoms with E-state index in [9.17, 15) is 9.90 Å². The number of nitrogens with zero attached hydrogens (tertiary/aromatic N) is 1. The zero-order chi connectivity index (χ0) is 15.8. The number of benzene rings is 1. The molecule has 1 aliphatic carbocycles. The van der Waals surface area contributed by atoms with Crippen molar-refractivity contribution in [2.24, 2.45) is 5.92 Å². The van der Waals surface area contributed by atoms with Crippen molar-refractivity contribution in [3.63, 3.8) is 0 Å². The number of hydrogen-bond donors (Lipinski definition) is 2. The molecule has 5 nitrogen and oxygen atoms in total. The van der Waals surface area contributed by atoms with Gasteiger partial charge >= 0.3 is 6.03 Å². The Kier molecular flexibility index (Phi) is 6.68. The SMILES string of the molecule is CN(CC1CCCC1O)C(=O)NCCOCc1ccccc1. The number of aliphatic hydroxyl groups excluding tert-OH is 1. The average Bonchev–Trinajstić information content (AvgIpc) is 2.93. The summed E-state index contributed by atoms with van der Waals surface area (Å²) in [6, 6.07) is 9.85. The van der Waals surface area contributed by atoms with E-state index < -0.39 is 0 Å². The molecule has 5 heteroatoms. The molecule has 1 aliphatic rings. The van der Waals surface area contributed by atoms with Crippen molar-refractivity contribution < 1.29 is 14.6 Å². The van der Waals surface area contributed by atoms with E-state index in [1.807, 2.05) is 30.3 Å². The minimum atomic E-state index is -0.260. The number of urea groups is 1. The molecule has 1 aromatic rings. The first-order valence-corrected chi connectivity index (χ1v) is 7.95. The first kappa shape index (κ1) is 16.8. The average molecular weight is 306 g/mol. The number of hydrogen-bond acceptors (Lipinski definition) is 3. The maximum absolute atomic E-state index is 11.9. The molecule has 1 aromatic carbocycles. The van der Waals surface area contributed by atoms with Gasteiger partial charge in [-0.25, -0.2) is 4.79 Å². The van der Waals surface area contributed by atoms with Crippen molar-refractivity contribution in [1.82, 2.24) is 10.2 Å². The Labute approximate surface area is 132 Å². The van der Waals surface area contributed by atoms with Crippen LogP contribution in [-0.2, 0) is 11.3 Å². The summed E-state index contributed by atoms with van der Waals surface area (Å²) in [5.41, 5.74) is 1.13. The monoisotopic (exact) mass is 306 g/mol. The zero-order valence-corrected chi connectivity index (χ0v) is 13.2. The lowest BCUT2D eigenvalue weighted by atomic mass is 10.1. The lowest BCUT2D eigenvalue weighted by Gasteiger charge is -2.23. The summed E-state index contributed by atoms with van der Waals surface area (Å²) in [5.74, 6) is 0.213. The van der Waals surface area contributed by atoms with Gasteiger partial charge in [-0.05, 0) is 18.4 Å². The molecular formula is C17H26N2O3. The Bertz CT molecular complexity index is 452. The maximum atomic E-state index is 11.9. The molecule has 0 bridgehead atoms. The minimum Gasteiger partial charge on any atom is -0.393 e. The Morgan fingerprint density at radius 2 is 2.14 bits per heavy atom. The molecule has 0 saturated heterocycles. The van der Waals surface area contributed by atoms with Crippen molar-refractivity contribution in [1.29, 1.82) is 0 Å². The number of rotatable bonds is 7. The number of ether oxygens (including phenoxy) is 1. The third kappa shape index (κ3) is 5.31. The van der Waals surface area contributed by atoms with Crippen molar-refractivity contribution >= 4 is 6.03 Å². The van der Waals surface area contributed by atoms with Crippen LogP contribution in [-0.4, -0.2) is 48.9 Å². The predicted octanol–water partition coefficient (Wildman–Crippen LogP) is 2.01. The molecule has 2 unspecified atom stereocenters. The molecule has 2 amide bonds. The highest BCUT2D eigenvalue weighted by atomic mass is 16.5. The highest BCUT2D eigenvalue weighted by Gasteiger charge is 2.27. The molecule has 22 heavy (non-hydrogen) atoms. The summed E-state index contributed by atoms with van der Waals surface area (Å²) in [5, 5.41) is 12.6. The highest BCUT2D eigenvalue weighted by molar-refractivity contribution is 5.73. The zero-order valence-electron chi connectivity index (χ0n) is 13.2. The second-order valence-electron chi connectivity index (χ2n) is 5.91. The third-order valence-electron chi connectivity index (χ3n) is 4.11. The standard InChI is InChI=1S/C17H26N2O3/c1-19(12-15-8-5-9-16(15)20)17(21)18-10-11-22-13-14-6-3-2-4-7-14/h2-4,6-7,15-16,20H,5,8-13H2,1H3,(H,18,21). The molecule has 0 radical (unpaired) electrons. The van der Waals surface area contributed by atoms with E-state index >= 15 is 0 Å². The van der Waals surface area contributed by atoms with Crippen LogP contribution < -0.4 is 5.32 Å². The van der Waals surface area contributed by atoms with Gasteiger partial charge in [0, 0.05) is 26.1 Å². The second-order valence-corrected chi connectivity index (χ2v) is 5.91. The molecule has 2 N–H and O–H groups in total. The molecule has 1 saturated carbocycles. The Hall–Kier alpha value is -1.59. The van der Waals surface area contributed by atoms with Gasteiger partial charge in [0.05, 0.1) is 19.3 Å². The summed E-state index contributed by atoms with van der Waals surface area (Å²) in [7, 11) is 1.77. The van der Waals surface area contributed by atoms with Crippen molar-refractivity contribution in [2.45, 2.75) is 32.0 Å². The predicted molar refractivity (Wildman–Crippen MR) is 85.5 cm³/mol. The molecule has 122 valence electrons. The van der Waals surface area contributed by atoms with Gasteiger partial charge in [0.15, 0.2) is 0 Å². The Morgan fingerprint density at radius 1 is 1.36 bits per heavy atom. The highest BCUT2D eigenvalue weighted by Crippen LogP contribution is 2.25. The summed E-state index contributed by atoms with van der Waals surface area (Å²) in [4.78, 5) is 13.6. The molecule has 2 atom stereocenters. The largest absolute Gasteiger partial charge is 0.393 e. The molecular weight excluding hydrogens is 280 g/mol. The van der Waals surface area contributed by atoms with Crippen LogP contribution in [0.25, 0.3) is 0 Å². The summed E-state index contributed by atoms with van der Waals surface area (Å²) < 4.78 is 5.53. The molecule has 1 fully saturated rings. The third-order valence-corrected chi connectivity index (χ3v) is 4.11. The maximum Gasteiger partial charge on any atom is 0.317 e. The fourth-order valence-corrected chi connectivity index (χ4v) is 2.79. The van der Waals surface area contributed by atoms with Gasteiger partial charge in [0.25, 0.3) is 0 Å². The van der Waals surface area contributed by atoms with Gasteiger partial charge < -0.3 is 20.1 Å². The van der Waals surface area contributed by atoms with Gasteiger partial charge in [0.2, 0.25) is 0 Å². The normalized spacial score (nSPS) is 20.8. The molecule has 0 spiro atoms. The van der Waals surface area contributed by atoms with E-state index in [0.717, 1.165) is 24.8 Å². The molecule has 0 heterocycles. The first-order valence-electron chi connectivity index (χ1n) is 7.95. The molecule has 2 rings (SSSR count). The number of carbonyl (C=O) groups is 1. The van der Waals surface area contributed by atoms with Crippen LogP contribution in [0.5, 0.6) is 0 Å². The van der Waals surface area contributed by atoms with E-state index in [1.54, 1.807) is 11.9 Å². The van der Waals surface area contributed by atoms with Gasteiger partial charge in [-0.2, -0.15) is 0 Å². The van der Waals surface area contributed by atoms with Crippen LogP contribution in [0.4, 0.5) is 4.79 Å². The van der Waals surface area contributed by atoms with Crippen molar-refractivity contribution in [2.75, 3.05) is 26.7 Å². The Balaban J connectivity index is 1.57. The van der Waals surface area contributed by atoms with Gasteiger partial charge in [-0.1, -0.05) is 36.8 Å². The number of aliphatic hydroxyl groups is 1. The van der Waals surface area contributed by atoms with E-state index in [0.29, 0.717) is 26.3 Å². The van der Waals surface area contributed by atoms with Crippen LogP contribution >= 0.6 is 0 Å². The quantitative estimate of drug-likeness (QED) is 0.758. The fraction of sp³-hybridized carbons (Fsp3) is 0.588. The number of nitrogens with one attached hydrogen (secondary N) is 1. The van der Waals surface area contributed by atoms with E-state index in [2.05, 4.69) is 5.32 Å². The van der Waals surface area contributed by atoms with Crippen LogP contribution in [0.15, 0.2) is 30.3 Å². The van der Waals surface area contributed by atoms with Crippen LogP contribution in [0.3, 0.4) is 0 Å². The van der Waals surface area contributed by atoms with E-state index in [4.69, 9.17) is 4.74 Å². The lowest BCUT2D eigenvalue weighted by Crippen LogP contribution is -2.42. The van der Waals surface area contributed by atoms with Crippen LogP contribution in [0, 0.1) is 5.92 Å². The number of carbonyl (C=O) groups excluding carboxylic acids is 1. The lowest BCUT2D eigenvalue weighted by molar-refractivity contribution is 0.109. The summed E-state index contributed by atoms with van der Waals surface area (Å²) in [6.07, 6.45) is 2.64. The summed E-state index contributed by atoms with van der Waals surface area (Å²) in [6.45, 7) is 2.14. The van der Waals surface area contributed by atoms with Crippen molar-refractivity contribution in [3.8, 4) is 0 Å². The van der Waals surface area contributed by atoms with Crippen LogP contribution in [0.2, 0.25) is 0 Å². The molecule has 0 aliphatic heterocycles. The van der Waals surface area contributed by atoms with Gasteiger partial charge in [-0.3, -0.25) is 0 Å². The second kappa shape index (κ2) is 8.76. The van der Waals surface area contributed by atoms with Crippen LogP contribution in [0.1, 0.15) is 24.8 Å². The first-order chi connectivity index (χ1) is 10.7. The molecule has 0 aromatic heterocycles. The topological polar surface area (TPSA) is 61.8 Å². The number of amides is 2. The smallest absolute Gasteiger partial charge is 0.317 e. The van der Waals surface area contributed by atoms with Crippen molar-refractivity contribution in [3.05, 3.63) is 35.9 Å². The minimum absolute atomic E-state index is 0.109. The Morgan fingerprint density at radius 3 is 2.82 bits per heavy atom. The van der Waals surface area contributed by atoms with E-state index in [1.165, 1.54) is 0 Å².